The van der Waals surface area contributed by atoms with E-state index < -0.39 is 0 Å². The molecule has 0 aliphatic rings. The topological polar surface area (TPSA) is 0 Å². The van der Waals surface area contributed by atoms with Crippen LogP contribution in [0, 0.1) is 11.8 Å². The van der Waals surface area contributed by atoms with Crippen LogP contribution < -0.4 is 0 Å². The molecule has 0 nitrogen and oxygen atoms in total. The van der Waals surface area contributed by atoms with Crippen molar-refractivity contribution in [2.45, 2.75) is 27.7 Å². The van der Waals surface area contributed by atoms with E-state index in [0.717, 1.165) is 5.57 Å². The van der Waals surface area contributed by atoms with Gasteiger partial charge in [-0.05, 0) is 19.4 Å². The maximum atomic E-state index is 3.57. The number of hydrogen-bond acceptors (Lipinski definition) is 0. The van der Waals surface area contributed by atoms with Crippen molar-refractivity contribution in [3.8, 4) is 11.8 Å². The maximum absolute atomic E-state index is 3.57. The Kier molecular flexibility index (Phi) is 12.3. The van der Waals surface area contributed by atoms with Crippen LogP contribution in [0.1, 0.15) is 27.7 Å². The lowest BCUT2D eigenvalue weighted by molar-refractivity contribution is 1.50. The SMILES string of the molecule is C=C(C)C#CC.CC. The second-order valence-electron chi connectivity index (χ2n) is 1.16. The predicted octanol–water partition coefficient (Wildman–Crippen LogP) is 2.61. The quantitative estimate of drug-likeness (QED) is 0.420. The molecule has 0 heteroatoms. The second kappa shape index (κ2) is 9.57. The Morgan fingerprint density at radius 1 is 1.38 bits per heavy atom. The van der Waals surface area contributed by atoms with Crippen LogP contribution in [0.15, 0.2) is 12.2 Å². The summed E-state index contributed by atoms with van der Waals surface area (Å²) in [5.74, 6) is 5.48. The van der Waals surface area contributed by atoms with Gasteiger partial charge in [-0.25, -0.2) is 0 Å². The fourth-order valence-electron chi connectivity index (χ4n) is 0.213. The van der Waals surface area contributed by atoms with E-state index >= 15 is 0 Å². The van der Waals surface area contributed by atoms with Crippen LogP contribution in [-0.2, 0) is 0 Å². The van der Waals surface area contributed by atoms with Gasteiger partial charge in [0.15, 0.2) is 0 Å². The average Bonchev–Trinajstić information content (AvgIpc) is 1.72. The highest BCUT2D eigenvalue weighted by molar-refractivity contribution is 5.21. The molecule has 0 spiro atoms. The van der Waals surface area contributed by atoms with Crippen LogP contribution in [0.25, 0.3) is 0 Å². The van der Waals surface area contributed by atoms with Crippen LogP contribution in [0.3, 0.4) is 0 Å². The molecule has 0 bridgehead atoms. The van der Waals surface area contributed by atoms with E-state index in [-0.39, 0.29) is 0 Å². The predicted molar refractivity (Wildman–Crippen MR) is 39.6 cm³/mol. The molecule has 0 radical (unpaired) electrons. The van der Waals surface area contributed by atoms with Gasteiger partial charge in [0.25, 0.3) is 0 Å². The van der Waals surface area contributed by atoms with Gasteiger partial charge in [-0.1, -0.05) is 26.3 Å². The minimum Gasteiger partial charge on any atom is -0.102 e. The highest BCUT2D eigenvalue weighted by atomic mass is 13.7. The van der Waals surface area contributed by atoms with Crippen molar-refractivity contribution in [2.75, 3.05) is 0 Å². The third kappa shape index (κ3) is 18.5. The fourth-order valence-corrected chi connectivity index (χ4v) is 0.213. The summed E-state index contributed by atoms with van der Waals surface area (Å²) in [7, 11) is 0. The molecule has 0 aromatic carbocycles. The molecule has 0 saturated carbocycles. The van der Waals surface area contributed by atoms with Gasteiger partial charge in [0.1, 0.15) is 0 Å². The van der Waals surface area contributed by atoms with E-state index in [1.54, 1.807) is 6.92 Å². The van der Waals surface area contributed by atoms with Crippen molar-refractivity contribution >= 4 is 0 Å². The van der Waals surface area contributed by atoms with Crippen LogP contribution in [0.4, 0.5) is 0 Å². The van der Waals surface area contributed by atoms with Crippen molar-refractivity contribution in [3.05, 3.63) is 12.2 Å². The van der Waals surface area contributed by atoms with E-state index in [1.165, 1.54) is 0 Å². The third-order valence-corrected chi connectivity index (χ3v) is 0.338. The molecule has 0 atom stereocenters. The van der Waals surface area contributed by atoms with Gasteiger partial charge < -0.3 is 0 Å². The molecule has 0 aromatic rings. The third-order valence-electron chi connectivity index (χ3n) is 0.338. The summed E-state index contributed by atoms with van der Waals surface area (Å²) in [5, 5.41) is 0. The molecule has 0 N–H and O–H groups in total. The van der Waals surface area contributed by atoms with E-state index in [1.807, 2.05) is 20.8 Å². The van der Waals surface area contributed by atoms with Crippen LogP contribution in [-0.4, -0.2) is 0 Å². The molecule has 0 fully saturated rings. The summed E-state index contributed by atoms with van der Waals surface area (Å²) in [6, 6.07) is 0. The Labute approximate surface area is 52.6 Å². The van der Waals surface area contributed by atoms with Gasteiger partial charge in [-0.2, -0.15) is 0 Å². The molecule has 0 heterocycles. The van der Waals surface area contributed by atoms with E-state index in [0.29, 0.717) is 0 Å². The Balaban J connectivity index is 0. The molecule has 0 rings (SSSR count). The average molecular weight is 110 g/mol. The second-order valence-corrected chi connectivity index (χ2v) is 1.16. The molecule has 8 heavy (non-hydrogen) atoms. The largest absolute Gasteiger partial charge is 0.102 e. The Bertz CT molecular complexity index is 98.9. The van der Waals surface area contributed by atoms with Gasteiger partial charge in [-0.3, -0.25) is 0 Å². The summed E-state index contributed by atoms with van der Waals surface area (Å²) in [5.41, 5.74) is 0.928. The van der Waals surface area contributed by atoms with Crippen molar-refractivity contribution < 1.29 is 0 Å². The highest BCUT2D eigenvalue weighted by Gasteiger charge is 1.62. The van der Waals surface area contributed by atoms with Crippen LogP contribution in [0.2, 0.25) is 0 Å². The van der Waals surface area contributed by atoms with Gasteiger partial charge >= 0.3 is 0 Å². The van der Waals surface area contributed by atoms with Gasteiger partial charge in [0.2, 0.25) is 0 Å². The van der Waals surface area contributed by atoms with E-state index in [4.69, 9.17) is 0 Å². The number of allylic oxidation sites excluding steroid dienone is 1. The summed E-state index contributed by atoms with van der Waals surface area (Å²) in [6.07, 6.45) is 0. The number of hydrogen-bond donors (Lipinski definition) is 0. The molecular weight excluding hydrogens is 96.1 g/mol. The van der Waals surface area contributed by atoms with E-state index in [2.05, 4.69) is 18.4 Å². The molecule has 0 aliphatic heterocycles. The molecule has 0 amide bonds. The fraction of sp³-hybridized carbons (Fsp3) is 0.500. The Hall–Kier alpha value is -0.700. The van der Waals surface area contributed by atoms with Crippen LogP contribution in [0.5, 0.6) is 0 Å². The lowest BCUT2D eigenvalue weighted by Gasteiger charge is -1.69. The molecule has 0 aliphatic carbocycles. The summed E-state index contributed by atoms with van der Waals surface area (Å²) in [4.78, 5) is 0. The summed E-state index contributed by atoms with van der Waals surface area (Å²) in [6.45, 7) is 11.3. The zero-order valence-electron chi connectivity index (χ0n) is 6.21. The minimum absolute atomic E-state index is 0.928. The van der Waals surface area contributed by atoms with Crippen molar-refractivity contribution in [2.24, 2.45) is 0 Å². The zero-order valence-corrected chi connectivity index (χ0v) is 6.21. The van der Waals surface area contributed by atoms with Crippen LogP contribution >= 0.6 is 0 Å². The standard InChI is InChI=1S/C6H8.C2H6/c1-4-5-6(2)3;1-2/h2H2,1,3H3;1-2H3. The normalized spacial score (nSPS) is 5.00. The van der Waals surface area contributed by atoms with Crippen molar-refractivity contribution in [3.63, 3.8) is 0 Å². The molecule has 0 aromatic heterocycles. The molecule has 0 unspecified atom stereocenters. The van der Waals surface area contributed by atoms with Gasteiger partial charge in [0, 0.05) is 0 Å². The van der Waals surface area contributed by atoms with Gasteiger partial charge in [-0.15, -0.1) is 5.92 Å². The lowest BCUT2D eigenvalue weighted by Crippen LogP contribution is -1.55. The Morgan fingerprint density at radius 2 is 1.75 bits per heavy atom. The monoisotopic (exact) mass is 110 g/mol. The van der Waals surface area contributed by atoms with E-state index in [9.17, 15) is 0 Å². The summed E-state index contributed by atoms with van der Waals surface area (Å²) < 4.78 is 0. The first-order valence-corrected chi connectivity index (χ1v) is 2.85. The first kappa shape index (κ1) is 10.3. The first-order valence-electron chi connectivity index (χ1n) is 2.85. The lowest BCUT2D eigenvalue weighted by atomic mass is 10.4. The number of rotatable bonds is 0. The van der Waals surface area contributed by atoms with Gasteiger partial charge in [0.05, 0.1) is 0 Å². The van der Waals surface area contributed by atoms with Crippen molar-refractivity contribution in [1.29, 1.82) is 0 Å². The first-order chi connectivity index (χ1) is 3.77. The Morgan fingerprint density at radius 3 is 1.75 bits per heavy atom. The minimum atomic E-state index is 0.928. The smallest absolute Gasteiger partial charge is 0.00234 e. The molecule has 46 valence electrons. The zero-order chi connectivity index (χ0) is 6.99. The highest BCUT2D eigenvalue weighted by Crippen LogP contribution is 1.77. The molecule has 0 saturated heterocycles. The maximum Gasteiger partial charge on any atom is -0.00234 e. The molecular formula is C8H14. The summed E-state index contributed by atoms with van der Waals surface area (Å²) >= 11 is 0. The van der Waals surface area contributed by atoms with Crippen molar-refractivity contribution in [1.82, 2.24) is 0 Å².